The van der Waals surface area contributed by atoms with Gasteiger partial charge in [-0.05, 0) is 48.9 Å². The number of hydrogen-bond donors (Lipinski definition) is 2. The molecule has 1 atom stereocenters. The lowest BCUT2D eigenvalue weighted by atomic mass is 10.1. The van der Waals surface area contributed by atoms with Crippen molar-refractivity contribution in [2.75, 3.05) is 6.54 Å². The molecule has 0 aromatic heterocycles. The first-order chi connectivity index (χ1) is 11.0. The van der Waals surface area contributed by atoms with Crippen LogP contribution in [0.5, 0.6) is 0 Å². The Balaban J connectivity index is 1.83. The van der Waals surface area contributed by atoms with Crippen molar-refractivity contribution < 1.29 is 9.59 Å². The fourth-order valence-corrected chi connectivity index (χ4v) is 2.38. The van der Waals surface area contributed by atoms with Crippen molar-refractivity contribution in [2.24, 2.45) is 0 Å². The van der Waals surface area contributed by atoms with E-state index in [4.69, 9.17) is 11.6 Å². The minimum Gasteiger partial charge on any atom is -0.348 e. The molecule has 0 heterocycles. The van der Waals surface area contributed by atoms with Gasteiger partial charge in [0.25, 0.3) is 5.91 Å². The Morgan fingerprint density at radius 2 is 1.70 bits per heavy atom. The molecule has 0 radical (unpaired) electrons. The number of halogens is 2. The van der Waals surface area contributed by atoms with Crippen molar-refractivity contribution in [2.45, 2.75) is 13.0 Å². The zero-order valence-electron chi connectivity index (χ0n) is 12.5. The second kappa shape index (κ2) is 8.13. The summed E-state index contributed by atoms with van der Waals surface area (Å²) in [4.78, 5) is 23.9. The Labute approximate surface area is 148 Å². The first-order valence-electron chi connectivity index (χ1n) is 7.04. The van der Waals surface area contributed by atoms with E-state index < -0.39 is 0 Å². The third-order valence-electron chi connectivity index (χ3n) is 3.26. The van der Waals surface area contributed by atoms with Gasteiger partial charge < -0.3 is 10.6 Å². The van der Waals surface area contributed by atoms with Crippen LogP contribution in [-0.4, -0.2) is 18.4 Å². The molecule has 0 aliphatic rings. The van der Waals surface area contributed by atoms with Gasteiger partial charge in [-0.15, -0.1) is 0 Å². The largest absolute Gasteiger partial charge is 0.348 e. The van der Waals surface area contributed by atoms with Crippen LogP contribution in [0.3, 0.4) is 0 Å². The zero-order valence-corrected chi connectivity index (χ0v) is 14.8. The minimum atomic E-state index is -0.285. The summed E-state index contributed by atoms with van der Waals surface area (Å²) in [6.45, 7) is 1.80. The normalized spacial score (nSPS) is 11.6. The van der Waals surface area contributed by atoms with Gasteiger partial charge in [0, 0.05) is 15.1 Å². The summed E-state index contributed by atoms with van der Waals surface area (Å²) in [5.74, 6) is -0.537. The highest BCUT2D eigenvalue weighted by Gasteiger charge is 2.11. The molecule has 23 heavy (non-hydrogen) atoms. The summed E-state index contributed by atoms with van der Waals surface area (Å²) in [5, 5.41) is 6.07. The zero-order chi connectivity index (χ0) is 16.8. The number of nitrogens with one attached hydrogen (secondary N) is 2. The summed E-state index contributed by atoms with van der Waals surface area (Å²) in [6.07, 6.45) is 0. The van der Waals surface area contributed by atoms with E-state index in [-0.39, 0.29) is 24.4 Å². The molecular weight excluding hydrogens is 380 g/mol. The number of hydrogen-bond acceptors (Lipinski definition) is 2. The van der Waals surface area contributed by atoms with Gasteiger partial charge >= 0.3 is 0 Å². The minimum absolute atomic E-state index is 0.0766. The van der Waals surface area contributed by atoms with E-state index in [1.165, 1.54) is 0 Å². The first-order valence-corrected chi connectivity index (χ1v) is 8.21. The number of benzene rings is 2. The van der Waals surface area contributed by atoms with Crippen molar-refractivity contribution in [3.63, 3.8) is 0 Å². The van der Waals surface area contributed by atoms with Gasteiger partial charge in [0.1, 0.15) is 0 Å². The average Bonchev–Trinajstić information content (AvgIpc) is 2.54. The Morgan fingerprint density at radius 1 is 1.09 bits per heavy atom. The Hall–Kier alpha value is -1.85. The highest BCUT2D eigenvalue weighted by Crippen LogP contribution is 2.15. The molecular formula is C17H16BrClN2O2. The molecule has 0 aliphatic carbocycles. The standard InChI is InChI=1S/C17H16BrClN2O2/c1-11(12-4-8-15(19)9-5-12)21-16(22)10-20-17(23)13-2-6-14(18)7-3-13/h2-9,11H,10H2,1H3,(H,20,23)(H,21,22). The third kappa shape index (κ3) is 5.37. The Kier molecular flexibility index (Phi) is 6.19. The van der Waals surface area contributed by atoms with Gasteiger partial charge in [0.05, 0.1) is 12.6 Å². The van der Waals surface area contributed by atoms with E-state index in [0.29, 0.717) is 10.6 Å². The van der Waals surface area contributed by atoms with E-state index >= 15 is 0 Å². The van der Waals surface area contributed by atoms with Gasteiger partial charge in [-0.1, -0.05) is 39.7 Å². The van der Waals surface area contributed by atoms with Crippen molar-refractivity contribution in [1.82, 2.24) is 10.6 Å². The smallest absolute Gasteiger partial charge is 0.251 e. The molecule has 4 nitrogen and oxygen atoms in total. The monoisotopic (exact) mass is 394 g/mol. The van der Waals surface area contributed by atoms with Crippen molar-refractivity contribution >= 4 is 39.3 Å². The molecule has 1 unspecified atom stereocenters. The number of rotatable bonds is 5. The SMILES string of the molecule is CC(NC(=O)CNC(=O)c1ccc(Br)cc1)c1ccc(Cl)cc1. The van der Waals surface area contributed by atoms with Gasteiger partial charge in [0.2, 0.25) is 5.91 Å². The van der Waals surface area contributed by atoms with E-state index in [1.54, 1.807) is 36.4 Å². The van der Waals surface area contributed by atoms with Gasteiger partial charge in [0.15, 0.2) is 0 Å². The molecule has 0 aliphatic heterocycles. The summed E-state index contributed by atoms with van der Waals surface area (Å²) in [6, 6.07) is 14.0. The first kappa shape index (κ1) is 17.5. The molecule has 0 saturated carbocycles. The van der Waals surface area contributed by atoms with Crippen LogP contribution in [0.15, 0.2) is 53.0 Å². The summed E-state index contributed by atoms with van der Waals surface area (Å²) >= 11 is 9.14. The number of amides is 2. The molecule has 0 fully saturated rings. The lowest BCUT2D eigenvalue weighted by Crippen LogP contribution is -2.38. The molecule has 2 amide bonds. The van der Waals surface area contributed by atoms with Crippen LogP contribution >= 0.6 is 27.5 Å². The van der Waals surface area contributed by atoms with E-state index in [1.807, 2.05) is 19.1 Å². The molecule has 2 aromatic rings. The van der Waals surface area contributed by atoms with Crippen LogP contribution in [0.1, 0.15) is 28.9 Å². The second-order valence-corrected chi connectivity index (χ2v) is 6.38. The van der Waals surface area contributed by atoms with E-state index in [9.17, 15) is 9.59 Å². The molecule has 0 spiro atoms. The van der Waals surface area contributed by atoms with Crippen molar-refractivity contribution in [3.05, 3.63) is 69.2 Å². The lowest BCUT2D eigenvalue weighted by Gasteiger charge is -2.14. The average molecular weight is 396 g/mol. The Bertz CT molecular complexity index is 687. The maximum Gasteiger partial charge on any atom is 0.251 e. The summed E-state index contributed by atoms with van der Waals surface area (Å²) < 4.78 is 0.892. The van der Waals surface area contributed by atoms with Gasteiger partial charge in [-0.3, -0.25) is 9.59 Å². The van der Waals surface area contributed by atoms with E-state index in [2.05, 4.69) is 26.6 Å². The van der Waals surface area contributed by atoms with Crippen molar-refractivity contribution in [1.29, 1.82) is 0 Å². The molecule has 120 valence electrons. The topological polar surface area (TPSA) is 58.2 Å². The molecule has 2 aromatic carbocycles. The van der Waals surface area contributed by atoms with Gasteiger partial charge in [-0.2, -0.15) is 0 Å². The van der Waals surface area contributed by atoms with Gasteiger partial charge in [-0.25, -0.2) is 0 Å². The highest BCUT2D eigenvalue weighted by atomic mass is 79.9. The molecule has 6 heteroatoms. The van der Waals surface area contributed by atoms with Crippen LogP contribution in [-0.2, 0) is 4.79 Å². The fourth-order valence-electron chi connectivity index (χ4n) is 1.99. The van der Waals surface area contributed by atoms with Crippen molar-refractivity contribution in [3.8, 4) is 0 Å². The fraction of sp³-hybridized carbons (Fsp3) is 0.176. The quantitative estimate of drug-likeness (QED) is 0.811. The maximum atomic E-state index is 11.9. The predicted molar refractivity (Wildman–Crippen MR) is 94.5 cm³/mol. The maximum absolute atomic E-state index is 11.9. The van der Waals surface area contributed by atoms with Crippen LogP contribution < -0.4 is 10.6 Å². The van der Waals surface area contributed by atoms with Crippen LogP contribution in [0.25, 0.3) is 0 Å². The van der Waals surface area contributed by atoms with Crippen LogP contribution in [0.4, 0.5) is 0 Å². The molecule has 2 rings (SSSR count). The summed E-state index contributed by atoms with van der Waals surface area (Å²) in [5.41, 5.74) is 1.45. The predicted octanol–water partition coefficient (Wildman–Crippen LogP) is 3.71. The second-order valence-electron chi connectivity index (χ2n) is 5.03. The number of carbonyl (C=O) groups excluding carboxylic acids is 2. The van der Waals surface area contributed by atoms with Crippen LogP contribution in [0, 0.1) is 0 Å². The third-order valence-corrected chi connectivity index (χ3v) is 4.04. The molecule has 2 N–H and O–H groups in total. The highest BCUT2D eigenvalue weighted by molar-refractivity contribution is 9.10. The molecule has 0 saturated heterocycles. The van der Waals surface area contributed by atoms with Crippen LogP contribution in [0.2, 0.25) is 5.02 Å². The lowest BCUT2D eigenvalue weighted by molar-refractivity contribution is -0.120. The molecule has 0 bridgehead atoms. The summed E-state index contributed by atoms with van der Waals surface area (Å²) in [7, 11) is 0. The Morgan fingerprint density at radius 3 is 2.30 bits per heavy atom. The van der Waals surface area contributed by atoms with E-state index in [0.717, 1.165) is 10.0 Å². The number of carbonyl (C=O) groups is 2.